The Hall–Kier alpha value is -4.29. The molecule has 1 spiro atoms. The number of nitriles is 1. The SMILES string of the molecule is COC(=O)Cc1[nH]nc2c1[C@]1(C(=O)N(Cc3ccc(Cl)cc3)c3ccccc31)C(C#N)=C(N)O2. The summed E-state index contributed by atoms with van der Waals surface area (Å²) in [6.45, 7) is 0.230. The van der Waals surface area contributed by atoms with Crippen molar-refractivity contribution in [3.8, 4) is 11.9 Å². The number of rotatable bonds is 4. The van der Waals surface area contributed by atoms with Gasteiger partial charge in [-0.15, -0.1) is 5.10 Å². The minimum atomic E-state index is -1.63. The molecule has 0 saturated heterocycles. The standard InChI is InChI=1S/C24H18ClN5O4/c1-33-19(31)10-17-20-22(29-28-17)34-21(27)16(11-26)24(20)15-4-2-3-5-18(15)30(23(24)32)12-13-6-8-14(25)9-7-13/h2-9H,10,12,27H2,1H3,(H,28,29)/t24-/m1/s1. The molecule has 3 aromatic rings. The Bertz CT molecular complexity index is 1410. The summed E-state index contributed by atoms with van der Waals surface area (Å²) in [5.74, 6) is -1.13. The van der Waals surface area contributed by atoms with E-state index in [-0.39, 0.29) is 35.9 Å². The summed E-state index contributed by atoms with van der Waals surface area (Å²) >= 11 is 6.02. The molecule has 1 amide bonds. The second kappa shape index (κ2) is 7.93. The molecule has 34 heavy (non-hydrogen) atoms. The highest BCUT2D eigenvalue weighted by atomic mass is 35.5. The van der Waals surface area contributed by atoms with Crippen LogP contribution in [0.25, 0.3) is 0 Å². The number of aromatic amines is 1. The molecule has 10 heteroatoms. The van der Waals surface area contributed by atoms with E-state index < -0.39 is 17.3 Å². The number of methoxy groups -OCH3 is 1. The third-order valence-corrected chi connectivity index (χ3v) is 6.34. The minimum absolute atomic E-state index is 0.0342. The van der Waals surface area contributed by atoms with E-state index in [2.05, 4.69) is 16.3 Å². The number of benzene rings is 2. The lowest BCUT2D eigenvalue weighted by Crippen LogP contribution is -2.46. The Morgan fingerprint density at radius 1 is 1.29 bits per heavy atom. The molecule has 1 aromatic heterocycles. The van der Waals surface area contributed by atoms with Crippen molar-refractivity contribution in [2.24, 2.45) is 5.73 Å². The van der Waals surface area contributed by atoms with E-state index in [4.69, 9.17) is 26.8 Å². The first-order chi connectivity index (χ1) is 16.4. The van der Waals surface area contributed by atoms with E-state index in [1.807, 2.05) is 18.2 Å². The van der Waals surface area contributed by atoms with Gasteiger partial charge in [-0.2, -0.15) is 5.26 Å². The van der Waals surface area contributed by atoms with Crippen molar-refractivity contribution in [1.82, 2.24) is 10.2 Å². The number of hydrogen-bond donors (Lipinski definition) is 2. The van der Waals surface area contributed by atoms with Gasteiger partial charge in [0.1, 0.15) is 17.1 Å². The minimum Gasteiger partial charge on any atom is -0.469 e. The fourth-order valence-corrected chi connectivity index (χ4v) is 4.76. The number of para-hydroxylation sites is 1. The van der Waals surface area contributed by atoms with Crippen LogP contribution in [0.2, 0.25) is 5.02 Å². The van der Waals surface area contributed by atoms with Crippen molar-refractivity contribution >= 4 is 29.2 Å². The van der Waals surface area contributed by atoms with Crippen LogP contribution in [-0.2, 0) is 32.7 Å². The van der Waals surface area contributed by atoms with Crippen LogP contribution in [0.4, 0.5) is 5.69 Å². The molecule has 0 unspecified atom stereocenters. The fraction of sp³-hybridized carbons (Fsp3) is 0.167. The number of hydrogen-bond acceptors (Lipinski definition) is 7. The number of amides is 1. The van der Waals surface area contributed by atoms with Crippen molar-refractivity contribution < 1.29 is 19.1 Å². The van der Waals surface area contributed by atoms with Gasteiger partial charge in [-0.1, -0.05) is 41.9 Å². The van der Waals surface area contributed by atoms with Crippen LogP contribution in [0, 0.1) is 11.3 Å². The third-order valence-electron chi connectivity index (χ3n) is 6.09. The zero-order valence-corrected chi connectivity index (χ0v) is 18.7. The highest BCUT2D eigenvalue weighted by molar-refractivity contribution is 6.30. The maximum atomic E-state index is 14.3. The van der Waals surface area contributed by atoms with Gasteiger partial charge < -0.3 is 20.1 Å². The Kier molecular flexibility index (Phi) is 5.03. The molecule has 3 N–H and O–H groups in total. The Labute approximate surface area is 199 Å². The number of H-pyrrole nitrogens is 1. The fourth-order valence-electron chi connectivity index (χ4n) is 4.63. The van der Waals surface area contributed by atoms with Gasteiger partial charge in [0.05, 0.1) is 31.3 Å². The van der Waals surface area contributed by atoms with Gasteiger partial charge in [-0.05, 0) is 23.8 Å². The quantitative estimate of drug-likeness (QED) is 0.554. The largest absolute Gasteiger partial charge is 0.469 e. The Morgan fingerprint density at radius 3 is 2.74 bits per heavy atom. The molecular weight excluding hydrogens is 458 g/mol. The summed E-state index contributed by atoms with van der Waals surface area (Å²) in [5, 5.41) is 17.6. The maximum absolute atomic E-state index is 14.3. The summed E-state index contributed by atoms with van der Waals surface area (Å²) in [7, 11) is 1.26. The molecule has 0 aliphatic carbocycles. The van der Waals surface area contributed by atoms with Gasteiger partial charge in [-0.3, -0.25) is 14.7 Å². The maximum Gasteiger partial charge on any atom is 0.311 e. The van der Waals surface area contributed by atoms with Crippen molar-refractivity contribution in [2.75, 3.05) is 12.0 Å². The number of nitrogens with two attached hydrogens (primary N) is 1. The number of nitrogens with one attached hydrogen (secondary N) is 1. The zero-order valence-electron chi connectivity index (χ0n) is 18.0. The number of esters is 1. The van der Waals surface area contributed by atoms with Crippen molar-refractivity contribution in [1.29, 1.82) is 5.26 Å². The lowest BCUT2D eigenvalue weighted by Gasteiger charge is -2.32. The van der Waals surface area contributed by atoms with Gasteiger partial charge in [0.15, 0.2) is 0 Å². The molecule has 3 heterocycles. The van der Waals surface area contributed by atoms with Crippen LogP contribution in [0.1, 0.15) is 22.4 Å². The molecule has 2 aliphatic rings. The number of anilines is 1. The number of carbonyl (C=O) groups is 2. The Morgan fingerprint density at radius 2 is 2.03 bits per heavy atom. The summed E-state index contributed by atoms with van der Waals surface area (Å²) in [5.41, 5.74) is 7.02. The van der Waals surface area contributed by atoms with E-state index >= 15 is 0 Å². The van der Waals surface area contributed by atoms with Gasteiger partial charge in [0.25, 0.3) is 0 Å². The molecule has 5 rings (SSSR count). The summed E-state index contributed by atoms with van der Waals surface area (Å²) < 4.78 is 10.4. The number of carbonyl (C=O) groups excluding carboxylic acids is 2. The summed E-state index contributed by atoms with van der Waals surface area (Å²) in [6, 6.07) is 16.4. The predicted molar refractivity (Wildman–Crippen MR) is 122 cm³/mol. The van der Waals surface area contributed by atoms with Crippen LogP contribution >= 0.6 is 11.6 Å². The van der Waals surface area contributed by atoms with Crippen LogP contribution < -0.4 is 15.4 Å². The van der Waals surface area contributed by atoms with E-state index in [0.29, 0.717) is 22.0 Å². The molecule has 1 atom stereocenters. The number of aromatic nitrogens is 2. The Balaban J connectivity index is 1.75. The predicted octanol–water partition coefficient (Wildman–Crippen LogP) is 2.70. The average molecular weight is 476 g/mol. The van der Waals surface area contributed by atoms with Crippen LogP contribution in [-0.4, -0.2) is 29.2 Å². The molecule has 0 fully saturated rings. The molecule has 0 radical (unpaired) electrons. The van der Waals surface area contributed by atoms with Gasteiger partial charge in [0.2, 0.25) is 17.7 Å². The highest BCUT2D eigenvalue weighted by Gasteiger charge is 2.61. The first-order valence-electron chi connectivity index (χ1n) is 10.3. The van der Waals surface area contributed by atoms with E-state index in [0.717, 1.165) is 5.56 Å². The number of halogens is 1. The number of nitrogens with zero attached hydrogens (tertiary/aromatic N) is 3. The average Bonchev–Trinajstić information content (AvgIpc) is 3.33. The molecule has 170 valence electrons. The normalized spacial score (nSPS) is 18.4. The molecule has 9 nitrogen and oxygen atoms in total. The van der Waals surface area contributed by atoms with Crippen LogP contribution in [0.5, 0.6) is 5.88 Å². The zero-order chi connectivity index (χ0) is 24.0. The lowest BCUT2D eigenvalue weighted by molar-refractivity contribution is -0.139. The van der Waals surface area contributed by atoms with Gasteiger partial charge in [0, 0.05) is 16.3 Å². The third kappa shape index (κ3) is 2.96. The van der Waals surface area contributed by atoms with Crippen molar-refractivity contribution in [2.45, 2.75) is 18.4 Å². The molecule has 2 aromatic carbocycles. The van der Waals surface area contributed by atoms with Crippen molar-refractivity contribution in [3.63, 3.8) is 0 Å². The smallest absolute Gasteiger partial charge is 0.311 e. The molecule has 0 saturated carbocycles. The van der Waals surface area contributed by atoms with Crippen LogP contribution in [0.3, 0.4) is 0 Å². The van der Waals surface area contributed by atoms with E-state index in [1.165, 1.54) is 7.11 Å². The molecule has 2 aliphatic heterocycles. The van der Waals surface area contributed by atoms with Crippen LogP contribution in [0.15, 0.2) is 60.0 Å². The first-order valence-corrected chi connectivity index (χ1v) is 10.7. The van der Waals surface area contributed by atoms with E-state index in [9.17, 15) is 14.9 Å². The summed E-state index contributed by atoms with van der Waals surface area (Å²) in [6.07, 6.45) is -0.199. The second-order valence-corrected chi connectivity index (χ2v) is 8.31. The number of fused-ring (bicyclic) bond motifs is 4. The molecule has 0 bridgehead atoms. The monoisotopic (exact) mass is 475 g/mol. The van der Waals surface area contributed by atoms with Gasteiger partial charge >= 0.3 is 5.97 Å². The van der Waals surface area contributed by atoms with E-state index in [1.54, 1.807) is 35.2 Å². The van der Waals surface area contributed by atoms with Gasteiger partial charge in [-0.25, -0.2) is 0 Å². The second-order valence-electron chi connectivity index (χ2n) is 7.87. The lowest BCUT2D eigenvalue weighted by atomic mass is 9.68. The molecular formula is C24H18ClN5O4. The highest BCUT2D eigenvalue weighted by Crippen LogP contribution is 2.56. The topological polar surface area (TPSA) is 134 Å². The number of ether oxygens (including phenoxy) is 2. The van der Waals surface area contributed by atoms with Crippen molar-refractivity contribution in [3.05, 3.63) is 87.4 Å². The first kappa shape index (κ1) is 21.6. The summed E-state index contributed by atoms with van der Waals surface area (Å²) in [4.78, 5) is 28.1.